The first-order chi connectivity index (χ1) is 13.0. The quantitative estimate of drug-likeness (QED) is 0.675. The second-order valence-corrected chi connectivity index (χ2v) is 6.92. The number of aromatic nitrogens is 3. The van der Waals surface area contributed by atoms with Crippen LogP contribution in [-0.4, -0.2) is 48.1 Å². The number of fused-ring (bicyclic) bond motifs is 1. The maximum Gasteiger partial charge on any atom is 0.178 e. The third-order valence-electron chi connectivity index (χ3n) is 4.84. The molecule has 1 aliphatic rings. The number of nitrogens with zero attached hydrogens (tertiary/aromatic N) is 4. The van der Waals surface area contributed by atoms with Crippen LogP contribution >= 0.6 is 11.6 Å². The highest BCUT2D eigenvalue weighted by molar-refractivity contribution is 6.29. The summed E-state index contributed by atoms with van der Waals surface area (Å²) < 4.78 is 26.2. The zero-order valence-electron chi connectivity index (χ0n) is 15.4. The van der Waals surface area contributed by atoms with Crippen molar-refractivity contribution in [1.29, 1.82) is 0 Å². The molecule has 2 aromatic heterocycles. The molecule has 6 nitrogen and oxygen atoms in total. The largest absolute Gasteiger partial charge is 0.493 e. The van der Waals surface area contributed by atoms with Gasteiger partial charge in [0.05, 0.1) is 31.3 Å². The lowest BCUT2D eigenvalue weighted by atomic mass is 10.1. The van der Waals surface area contributed by atoms with Crippen molar-refractivity contribution in [3.63, 3.8) is 0 Å². The lowest BCUT2D eigenvalue weighted by Crippen LogP contribution is -2.21. The van der Waals surface area contributed by atoms with Crippen LogP contribution in [0.1, 0.15) is 12.1 Å². The van der Waals surface area contributed by atoms with E-state index >= 15 is 0 Å². The van der Waals surface area contributed by atoms with Crippen LogP contribution in [0.15, 0.2) is 24.3 Å². The van der Waals surface area contributed by atoms with Crippen LogP contribution in [0.2, 0.25) is 5.15 Å². The van der Waals surface area contributed by atoms with Crippen LogP contribution in [0.25, 0.3) is 16.9 Å². The van der Waals surface area contributed by atoms with E-state index in [1.807, 2.05) is 30.0 Å². The number of aryl methyl sites for hydroxylation is 1. The molecular weight excluding hydrogens is 371 g/mol. The average Bonchev–Trinajstić information content (AvgIpc) is 3.23. The summed E-state index contributed by atoms with van der Waals surface area (Å²) in [5.41, 5.74) is 3.95. The lowest BCUT2D eigenvalue weighted by Gasteiger charge is -2.18. The fourth-order valence-corrected chi connectivity index (χ4v) is 3.75. The van der Waals surface area contributed by atoms with Crippen LogP contribution < -0.4 is 14.4 Å². The third kappa shape index (κ3) is 3.06. The Morgan fingerprint density at radius 1 is 1.19 bits per heavy atom. The molecule has 0 aliphatic carbocycles. The minimum atomic E-state index is -0.835. The Morgan fingerprint density at radius 3 is 2.63 bits per heavy atom. The number of rotatable bonds is 4. The molecular formula is C19H20ClFN4O2. The molecule has 1 aromatic carbocycles. The van der Waals surface area contributed by atoms with Gasteiger partial charge in [0.15, 0.2) is 22.3 Å². The molecule has 0 saturated carbocycles. The highest BCUT2D eigenvalue weighted by Gasteiger charge is 2.26. The molecule has 27 heavy (non-hydrogen) atoms. The van der Waals surface area contributed by atoms with Crippen molar-refractivity contribution in [2.45, 2.75) is 19.5 Å². The smallest absolute Gasteiger partial charge is 0.178 e. The maximum absolute atomic E-state index is 13.7. The van der Waals surface area contributed by atoms with Gasteiger partial charge in [0.2, 0.25) is 0 Å². The second-order valence-electron chi connectivity index (χ2n) is 6.54. The summed E-state index contributed by atoms with van der Waals surface area (Å²) in [5.74, 6) is 1.26. The van der Waals surface area contributed by atoms with Crippen LogP contribution in [-0.2, 0) is 0 Å². The van der Waals surface area contributed by atoms with Crippen LogP contribution in [0, 0.1) is 6.92 Å². The van der Waals surface area contributed by atoms with Gasteiger partial charge in [-0.2, -0.15) is 5.10 Å². The van der Waals surface area contributed by atoms with Gasteiger partial charge >= 0.3 is 0 Å². The van der Waals surface area contributed by atoms with E-state index in [9.17, 15) is 4.39 Å². The number of imidazole rings is 1. The zero-order chi connectivity index (χ0) is 19.1. The summed E-state index contributed by atoms with van der Waals surface area (Å²) in [5, 5.41) is 4.78. The first-order valence-corrected chi connectivity index (χ1v) is 9.07. The normalized spacial score (nSPS) is 16.9. The topological polar surface area (TPSA) is 51.9 Å². The zero-order valence-corrected chi connectivity index (χ0v) is 16.1. The Hall–Kier alpha value is -2.54. The number of halogens is 2. The summed E-state index contributed by atoms with van der Waals surface area (Å²) >= 11 is 6.29. The molecule has 0 spiro atoms. The van der Waals surface area contributed by atoms with Crippen LogP contribution in [0.4, 0.5) is 10.1 Å². The second kappa shape index (κ2) is 6.88. The van der Waals surface area contributed by atoms with E-state index in [0.29, 0.717) is 41.8 Å². The lowest BCUT2D eigenvalue weighted by molar-refractivity contribution is 0.355. The predicted molar refractivity (Wildman–Crippen MR) is 103 cm³/mol. The SMILES string of the molecule is COc1ccc(-c2c(C)nc3c(N4CC[C@@H](F)C4)cc(Cl)nn23)cc1OC. The van der Waals surface area contributed by atoms with E-state index in [4.69, 9.17) is 26.1 Å². The van der Waals surface area contributed by atoms with E-state index < -0.39 is 6.17 Å². The Labute approximate surface area is 161 Å². The van der Waals surface area contributed by atoms with Crippen LogP contribution in [0.3, 0.4) is 0 Å². The summed E-state index contributed by atoms with van der Waals surface area (Å²) in [6.45, 7) is 2.89. The number of hydrogen-bond donors (Lipinski definition) is 0. The average molecular weight is 391 g/mol. The van der Waals surface area contributed by atoms with Crippen LogP contribution in [0.5, 0.6) is 11.5 Å². The van der Waals surface area contributed by atoms with Gasteiger partial charge in [-0.1, -0.05) is 11.6 Å². The van der Waals surface area contributed by atoms with Gasteiger partial charge in [0.1, 0.15) is 6.17 Å². The van der Waals surface area contributed by atoms with Crippen molar-refractivity contribution in [2.24, 2.45) is 0 Å². The summed E-state index contributed by atoms with van der Waals surface area (Å²) in [7, 11) is 3.19. The van der Waals surface area contributed by atoms with Gasteiger partial charge in [0, 0.05) is 24.7 Å². The number of anilines is 1. The summed E-state index contributed by atoms with van der Waals surface area (Å²) in [4.78, 5) is 6.67. The molecule has 1 aliphatic heterocycles. The molecule has 142 valence electrons. The minimum absolute atomic E-state index is 0.332. The molecule has 0 N–H and O–H groups in total. The Balaban J connectivity index is 1.90. The highest BCUT2D eigenvalue weighted by Crippen LogP contribution is 2.36. The van der Waals surface area contributed by atoms with E-state index in [2.05, 4.69) is 5.10 Å². The molecule has 4 rings (SSSR count). The van der Waals surface area contributed by atoms with Crippen molar-refractivity contribution in [2.75, 3.05) is 32.2 Å². The van der Waals surface area contributed by atoms with Gasteiger partial charge in [0.25, 0.3) is 0 Å². The number of ether oxygens (including phenoxy) is 2. The monoisotopic (exact) mass is 390 g/mol. The molecule has 3 heterocycles. The van der Waals surface area contributed by atoms with Crippen molar-refractivity contribution in [1.82, 2.24) is 14.6 Å². The first kappa shape index (κ1) is 17.9. The third-order valence-corrected chi connectivity index (χ3v) is 5.02. The highest BCUT2D eigenvalue weighted by atomic mass is 35.5. The van der Waals surface area contributed by atoms with E-state index in [0.717, 1.165) is 22.6 Å². The number of benzene rings is 1. The standard InChI is InChI=1S/C19H20ClFN4O2/c1-11-18(12-4-5-15(26-2)16(8-12)27-3)25-19(22-11)14(9-17(20)23-25)24-7-6-13(21)10-24/h4-5,8-9,13H,6-7,10H2,1-3H3/t13-/m1/s1. The molecule has 1 atom stereocenters. The van der Waals surface area contributed by atoms with Gasteiger partial charge in [-0.15, -0.1) is 0 Å². The first-order valence-electron chi connectivity index (χ1n) is 8.69. The minimum Gasteiger partial charge on any atom is -0.493 e. The number of alkyl halides is 1. The van der Waals surface area contributed by atoms with Crippen molar-refractivity contribution >= 4 is 22.9 Å². The number of methoxy groups -OCH3 is 2. The van der Waals surface area contributed by atoms with E-state index in [1.165, 1.54) is 0 Å². The molecule has 1 saturated heterocycles. The fourth-order valence-electron chi connectivity index (χ4n) is 3.57. The van der Waals surface area contributed by atoms with Crippen molar-refractivity contribution in [3.8, 4) is 22.8 Å². The maximum atomic E-state index is 13.7. The summed E-state index contributed by atoms with van der Waals surface area (Å²) in [6.07, 6.45) is -0.327. The molecule has 0 bridgehead atoms. The van der Waals surface area contributed by atoms with Gasteiger partial charge < -0.3 is 14.4 Å². The Morgan fingerprint density at radius 2 is 1.96 bits per heavy atom. The van der Waals surface area contributed by atoms with Crippen molar-refractivity contribution in [3.05, 3.63) is 35.1 Å². The molecule has 0 unspecified atom stereocenters. The Kier molecular flexibility index (Phi) is 4.55. The molecule has 0 amide bonds. The van der Waals surface area contributed by atoms with Gasteiger partial charge in [-0.05, 0) is 31.5 Å². The van der Waals surface area contributed by atoms with E-state index in [-0.39, 0.29) is 0 Å². The predicted octanol–water partition coefficient (Wildman–Crippen LogP) is 3.92. The molecule has 1 fully saturated rings. The fraction of sp³-hybridized carbons (Fsp3) is 0.368. The molecule has 8 heteroatoms. The summed E-state index contributed by atoms with van der Waals surface area (Å²) in [6, 6.07) is 7.39. The van der Waals surface area contributed by atoms with Crippen molar-refractivity contribution < 1.29 is 13.9 Å². The number of hydrogen-bond acceptors (Lipinski definition) is 5. The van der Waals surface area contributed by atoms with E-state index in [1.54, 1.807) is 24.8 Å². The Bertz CT molecular complexity index is 1010. The van der Waals surface area contributed by atoms with Gasteiger partial charge in [-0.25, -0.2) is 13.9 Å². The molecule has 3 aromatic rings. The molecule has 0 radical (unpaired) electrons. The van der Waals surface area contributed by atoms with Gasteiger partial charge in [-0.3, -0.25) is 0 Å².